The maximum Gasteiger partial charge on any atom is 0.410 e. The summed E-state index contributed by atoms with van der Waals surface area (Å²) in [7, 11) is 0. The van der Waals surface area contributed by atoms with Crippen molar-refractivity contribution in [2.45, 2.75) is 20.4 Å². The number of rotatable bonds is 4. The number of aryl methyl sites for hydroxylation is 1. The molecule has 0 amide bonds. The number of benzene rings is 2. The SMILES string of the molecule is Cc1cccc(OC(=O)c2cncc[n+]2Cc2ccccc2)c1C. The third kappa shape index (κ3) is 3.49. The zero-order valence-corrected chi connectivity index (χ0v) is 13.8. The lowest BCUT2D eigenvalue weighted by Crippen LogP contribution is -2.42. The molecule has 24 heavy (non-hydrogen) atoms. The molecule has 0 aliphatic rings. The molecule has 1 heterocycles. The Hall–Kier alpha value is -3.01. The number of carbonyl (C=O) groups is 1. The minimum absolute atomic E-state index is 0.410. The molecule has 0 aliphatic carbocycles. The highest BCUT2D eigenvalue weighted by Crippen LogP contribution is 2.21. The molecule has 1 aromatic heterocycles. The minimum Gasteiger partial charge on any atom is -0.418 e. The van der Waals surface area contributed by atoms with Crippen LogP contribution in [-0.4, -0.2) is 11.0 Å². The van der Waals surface area contributed by atoms with Gasteiger partial charge in [0.1, 0.15) is 11.9 Å². The molecule has 0 bridgehead atoms. The fourth-order valence-corrected chi connectivity index (χ4v) is 2.46. The van der Waals surface area contributed by atoms with Crippen molar-refractivity contribution in [2.75, 3.05) is 0 Å². The molecule has 3 aromatic rings. The molecule has 4 heteroatoms. The summed E-state index contributed by atoms with van der Waals surface area (Å²) < 4.78 is 7.43. The Bertz CT molecular complexity index is 861. The second-order valence-electron chi connectivity index (χ2n) is 5.66. The lowest BCUT2D eigenvalue weighted by atomic mass is 10.1. The van der Waals surface area contributed by atoms with Crippen LogP contribution in [0.5, 0.6) is 5.75 Å². The van der Waals surface area contributed by atoms with E-state index in [-0.39, 0.29) is 0 Å². The highest BCUT2D eigenvalue weighted by atomic mass is 16.5. The maximum absolute atomic E-state index is 12.6. The normalized spacial score (nSPS) is 10.4. The fourth-order valence-electron chi connectivity index (χ4n) is 2.46. The first-order valence-corrected chi connectivity index (χ1v) is 7.81. The van der Waals surface area contributed by atoms with E-state index in [0.29, 0.717) is 18.0 Å². The molecule has 0 atom stereocenters. The molecule has 0 aliphatic heterocycles. The van der Waals surface area contributed by atoms with Gasteiger partial charge in [-0.15, -0.1) is 0 Å². The summed E-state index contributed by atoms with van der Waals surface area (Å²) in [5, 5.41) is 0. The number of esters is 1. The Kier molecular flexibility index (Phi) is 4.66. The molecule has 0 N–H and O–H groups in total. The van der Waals surface area contributed by atoms with E-state index in [1.807, 2.05) is 60.9 Å². The summed E-state index contributed by atoms with van der Waals surface area (Å²) in [6.45, 7) is 4.52. The molecular formula is C20H19N2O2+. The molecule has 0 spiro atoms. The van der Waals surface area contributed by atoms with Crippen LogP contribution in [-0.2, 0) is 6.54 Å². The smallest absolute Gasteiger partial charge is 0.410 e. The average molecular weight is 319 g/mol. The van der Waals surface area contributed by atoms with Crippen LogP contribution in [0.1, 0.15) is 27.2 Å². The zero-order valence-electron chi connectivity index (χ0n) is 13.8. The van der Waals surface area contributed by atoms with Gasteiger partial charge in [0.25, 0.3) is 0 Å². The van der Waals surface area contributed by atoms with Gasteiger partial charge in [0.15, 0.2) is 12.7 Å². The second-order valence-corrected chi connectivity index (χ2v) is 5.66. The van der Waals surface area contributed by atoms with Crippen LogP contribution in [0, 0.1) is 13.8 Å². The zero-order chi connectivity index (χ0) is 16.9. The van der Waals surface area contributed by atoms with Crippen LogP contribution in [0.3, 0.4) is 0 Å². The third-order valence-electron chi connectivity index (χ3n) is 4.00. The third-order valence-corrected chi connectivity index (χ3v) is 4.00. The number of nitrogens with zero attached hydrogens (tertiary/aromatic N) is 2. The number of aromatic nitrogens is 2. The van der Waals surface area contributed by atoms with Crippen LogP contribution in [0.25, 0.3) is 0 Å². The van der Waals surface area contributed by atoms with Crippen molar-refractivity contribution in [3.63, 3.8) is 0 Å². The van der Waals surface area contributed by atoms with Crippen LogP contribution in [0.4, 0.5) is 0 Å². The summed E-state index contributed by atoms with van der Waals surface area (Å²) >= 11 is 0. The Balaban J connectivity index is 1.86. The number of ether oxygens (including phenoxy) is 1. The van der Waals surface area contributed by atoms with E-state index in [1.54, 1.807) is 18.5 Å². The Morgan fingerprint density at radius 3 is 2.67 bits per heavy atom. The predicted octanol–water partition coefficient (Wildman–Crippen LogP) is 3.25. The summed E-state index contributed by atoms with van der Waals surface area (Å²) in [6, 6.07) is 15.6. The topological polar surface area (TPSA) is 43.1 Å². The lowest BCUT2D eigenvalue weighted by Gasteiger charge is -2.08. The first kappa shape index (κ1) is 15.9. The average Bonchev–Trinajstić information content (AvgIpc) is 2.60. The highest BCUT2D eigenvalue weighted by Gasteiger charge is 2.22. The second kappa shape index (κ2) is 7.04. The Labute approximate surface area is 141 Å². The van der Waals surface area contributed by atoms with Gasteiger partial charge in [0, 0.05) is 5.56 Å². The van der Waals surface area contributed by atoms with Crippen LogP contribution < -0.4 is 9.30 Å². The minimum atomic E-state index is -0.410. The maximum atomic E-state index is 12.6. The van der Waals surface area contributed by atoms with Gasteiger partial charge in [0.05, 0.1) is 6.20 Å². The van der Waals surface area contributed by atoms with Crippen LogP contribution >= 0.6 is 0 Å². The van der Waals surface area contributed by atoms with E-state index in [1.165, 1.54) is 6.20 Å². The number of carbonyl (C=O) groups excluding carboxylic acids is 1. The molecular weight excluding hydrogens is 300 g/mol. The largest absolute Gasteiger partial charge is 0.418 e. The van der Waals surface area contributed by atoms with E-state index in [4.69, 9.17) is 4.74 Å². The van der Waals surface area contributed by atoms with Crippen molar-refractivity contribution in [2.24, 2.45) is 0 Å². The van der Waals surface area contributed by atoms with Crippen molar-refractivity contribution < 1.29 is 14.1 Å². The summed E-state index contributed by atoms with van der Waals surface area (Å²) in [5.41, 5.74) is 3.57. The molecule has 2 aromatic carbocycles. The Morgan fingerprint density at radius 2 is 1.88 bits per heavy atom. The molecule has 0 fully saturated rings. The van der Waals surface area contributed by atoms with Crippen molar-refractivity contribution in [1.29, 1.82) is 0 Å². The van der Waals surface area contributed by atoms with Gasteiger partial charge in [-0.3, -0.25) is 4.98 Å². The van der Waals surface area contributed by atoms with Crippen LogP contribution in [0.15, 0.2) is 67.1 Å². The van der Waals surface area contributed by atoms with E-state index >= 15 is 0 Å². The van der Waals surface area contributed by atoms with Crippen molar-refractivity contribution in [3.05, 3.63) is 89.5 Å². The molecule has 0 unspecified atom stereocenters. The molecule has 3 rings (SSSR count). The number of hydrogen-bond donors (Lipinski definition) is 0. The van der Waals surface area contributed by atoms with Gasteiger partial charge in [-0.05, 0) is 31.0 Å². The van der Waals surface area contributed by atoms with Crippen molar-refractivity contribution in [1.82, 2.24) is 4.98 Å². The summed E-state index contributed by atoms with van der Waals surface area (Å²) in [4.78, 5) is 16.7. The quantitative estimate of drug-likeness (QED) is 0.421. The molecule has 0 radical (unpaired) electrons. The highest BCUT2D eigenvalue weighted by molar-refractivity contribution is 5.87. The first-order valence-electron chi connectivity index (χ1n) is 7.81. The summed E-state index contributed by atoms with van der Waals surface area (Å²) in [6.07, 6.45) is 4.99. The predicted molar refractivity (Wildman–Crippen MR) is 90.9 cm³/mol. The van der Waals surface area contributed by atoms with Gasteiger partial charge in [0.2, 0.25) is 0 Å². The van der Waals surface area contributed by atoms with Gasteiger partial charge < -0.3 is 4.74 Å². The lowest BCUT2D eigenvalue weighted by molar-refractivity contribution is -0.691. The van der Waals surface area contributed by atoms with Gasteiger partial charge in [-0.2, -0.15) is 4.57 Å². The standard InChI is InChI=1S/C20H19N2O2/c1-15-7-6-10-19(16(15)2)24-20(23)18-13-21-11-12-22(18)14-17-8-4-3-5-9-17/h3-13H,14H2,1-2H3/q+1. The molecule has 4 nitrogen and oxygen atoms in total. The van der Waals surface area contributed by atoms with E-state index in [9.17, 15) is 4.79 Å². The van der Waals surface area contributed by atoms with Crippen molar-refractivity contribution >= 4 is 5.97 Å². The fraction of sp³-hybridized carbons (Fsp3) is 0.150. The van der Waals surface area contributed by atoms with Crippen molar-refractivity contribution in [3.8, 4) is 5.75 Å². The van der Waals surface area contributed by atoms with E-state index in [2.05, 4.69) is 4.98 Å². The monoisotopic (exact) mass is 319 g/mol. The molecule has 0 saturated heterocycles. The van der Waals surface area contributed by atoms with Gasteiger partial charge in [-0.1, -0.05) is 42.5 Å². The number of hydrogen-bond acceptors (Lipinski definition) is 3. The van der Waals surface area contributed by atoms with Gasteiger partial charge >= 0.3 is 11.7 Å². The van der Waals surface area contributed by atoms with Crippen LogP contribution in [0.2, 0.25) is 0 Å². The van der Waals surface area contributed by atoms with E-state index < -0.39 is 5.97 Å². The Morgan fingerprint density at radius 1 is 1.08 bits per heavy atom. The first-order chi connectivity index (χ1) is 11.6. The van der Waals surface area contributed by atoms with Gasteiger partial charge in [-0.25, -0.2) is 4.79 Å². The molecule has 120 valence electrons. The molecule has 0 saturated carbocycles. The van der Waals surface area contributed by atoms with E-state index in [0.717, 1.165) is 16.7 Å². The summed E-state index contributed by atoms with van der Waals surface area (Å²) in [5.74, 6) is 0.169.